The van der Waals surface area contributed by atoms with E-state index in [0.29, 0.717) is 5.84 Å². The Bertz CT molecular complexity index is 1220. The monoisotopic (exact) mass is 382 g/mol. The van der Waals surface area contributed by atoms with Crippen LogP contribution in [-0.4, -0.2) is 15.8 Å². The molecule has 6 heteroatoms. The van der Waals surface area contributed by atoms with E-state index in [9.17, 15) is 0 Å². The number of hydrazine groups is 2. The number of amidine groups is 1. The van der Waals surface area contributed by atoms with Crippen LogP contribution in [0, 0.1) is 13.8 Å². The molecule has 144 valence electrons. The van der Waals surface area contributed by atoms with E-state index >= 15 is 0 Å². The lowest BCUT2D eigenvalue weighted by Gasteiger charge is -2.08. The van der Waals surface area contributed by atoms with Crippen molar-refractivity contribution in [2.24, 2.45) is 5.10 Å². The van der Waals surface area contributed by atoms with Crippen molar-refractivity contribution in [3.63, 3.8) is 0 Å². The average molecular weight is 382 g/mol. The highest BCUT2D eigenvalue weighted by molar-refractivity contribution is 5.97. The molecule has 0 bridgehead atoms. The first-order valence-corrected chi connectivity index (χ1v) is 9.66. The fourth-order valence-electron chi connectivity index (χ4n) is 3.76. The molecule has 0 radical (unpaired) electrons. The summed E-state index contributed by atoms with van der Waals surface area (Å²) in [6.45, 7) is 4.32. The number of fused-ring (bicyclic) bond motifs is 1. The van der Waals surface area contributed by atoms with Gasteiger partial charge in [-0.2, -0.15) is 0 Å². The second-order valence-electron chi connectivity index (χ2n) is 7.34. The molecule has 5 rings (SSSR count). The molecule has 4 aromatic rings. The van der Waals surface area contributed by atoms with E-state index in [0.717, 1.165) is 29.0 Å². The van der Waals surface area contributed by atoms with E-state index in [-0.39, 0.29) is 0 Å². The largest absolute Gasteiger partial charge is 0.354 e. The molecule has 1 aliphatic heterocycles. The molecule has 0 spiro atoms. The van der Waals surface area contributed by atoms with Gasteiger partial charge in [-0.1, -0.05) is 36.4 Å². The van der Waals surface area contributed by atoms with Crippen molar-refractivity contribution in [3.05, 3.63) is 88.7 Å². The Labute approximate surface area is 169 Å². The zero-order valence-corrected chi connectivity index (χ0v) is 16.4. The van der Waals surface area contributed by atoms with Gasteiger partial charge in [-0.15, -0.1) is 10.6 Å². The molecule has 1 aliphatic rings. The van der Waals surface area contributed by atoms with Gasteiger partial charge in [0.05, 0.1) is 5.69 Å². The molecule has 2 aromatic carbocycles. The van der Waals surface area contributed by atoms with Crippen molar-refractivity contribution < 1.29 is 0 Å². The topological polar surface area (TPSA) is 77.1 Å². The highest BCUT2D eigenvalue weighted by Gasteiger charge is 2.16. The summed E-state index contributed by atoms with van der Waals surface area (Å²) < 4.78 is 0. The first kappa shape index (κ1) is 17.5. The summed E-state index contributed by atoms with van der Waals surface area (Å²) in [6, 6.07) is 21.0. The minimum absolute atomic E-state index is 0.681. The number of rotatable bonds is 4. The van der Waals surface area contributed by atoms with Crippen molar-refractivity contribution in [1.29, 1.82) is 0 Å². The van der Waals surface area contributed by atoms with Gasteiger partial charge in [0.25, 0.3) is 0 Å². The van der Waals surface area contributed by atoms with Crippen LogP contribution in [0.1, 0.15) is 28.1 Å². The van der Waals surface area contributed by atoms with Crippen LogP contribution in [0.25, 0.3) is 22.2 Å². The number of pyridine rings is 1. The number of hydrazone groups is 1. The molecule has 29 heavy (non-hydrogen) atoms. The molecular weight excluding hydrogens is 360 g/mol. The second-order valence-corrected chi connectivity index (χ2v) is 7.34. The number of hydrogen-bond donors (Lipinski definition) is 4. The summed E-state index contributed by atoms with van der Waals surface area (Å²) in [5.74, 6) is 0.681. The molecule has 0 saturated carbocycles. The zero-order chi connectivity index (χ0) is 19.8. The first-order chi connectivity index (χ1) is 14.2. The first-order valence-electron chi connectivity index (χ1n) is 9.66. The normalized spacial score (nSPS) is 13.2. The Hall–Kier alpha value is -3.64. The molecule has 0 amide bonds. The molecule has 3 heterocycles. The van der Waals surface area contributed by atoms with Crippen LogP contribution in [0.4, 0.5) is 0 Å². The SMILES string of the molecule is Cc1cc2[nH]c(-c3ccccc3)c(Cc3cccc(C4=NNNN4)n3)c2cc1C. The maximum atomic E-state index is 4.82. The van der Waals surface area contributed by atoms with Gasteiger partial charge in [0.15, 0.2) is 5.84 Å². The van der Waals surface area contributed by atoms with Gasteiger partial charge in [0.2, 0.25) is 0 Å². The van der Waals surface area contributed by atoms with Gasteiger partial charge in [-0.05, 0) is 60.4 Å². The van der Waals surface area contributed by atoms with Crippen LogP contribution in [0.3, 0.4) is 0 Å². The van der Waals surface area contributed by atoms with Crippen LogP contribution in [-0.2, 0) is 6.42 Å². The van der Waals surface area contributed by atoms with Gasteiger partial charge in [-0.25, -0.2) is 10.5 Å². The second kappa shape index (κ2) is 7.07. The van der Waals surface area contributed by atoms with Gasteiger partial charge >= 0.3 is 0 Å². The Balaban J connectivity index is 1.64. The molecule has 4 N–H and O–H groups in total. The number of H-pyrrole nitrogens is 1. The number of hydrogen-bond acceptors (Lipinski definition) is 5. The average Bonchev–Trinajstić information content (AvgIpc) is 3.39. The lowest BCUT2D eigenvalue weighted by Crippen LogP contribution is -2.35. The van der Waals surface area contributed by atoms with Crippen molar-refractivity contribution >= 4 is 16.7 Å². The zero-order valence-electron chi connectivity index (χ0n) is 16.4. The quantitative estimate of drug-likeness (QED) is 0.434. The van der Waals surface area contributed by atoms with E-state index in [1.807, 2.05) is 18.2 Å². The van der Waals surface area contributed by atoms with Crippen LogP contribution in [0.2, 0.25) is 0 Å². The molecule has 0 fully saturated rings. The van der Waals surface area contributed by atoms with Gasteiger partial charge in [0.1, 0.15) is 5.69 Å². The van der Waals surface area contributed by atoms with Crippen LogP contribution >= 0.6 is 0 Å². The van der Waals surface area contributed by atoms with E-state index < -0.39 is 0 Å². The number of aromatic amines is 1. The summed E-state index contributed by atoms with van der Waals surface area (Å²) in [5, 5.41) is 5.41. The van der Waals surface area contributed by atoms with Gasteiger partial charge in [0, 0.05) is 23.0 Å². The third-order valence-corrected chi connectivity index (χ3v) is 5.39. The summed E-state index contributed by atoms with van der Waals surface area (Å²) in [4.78, 5) is 8.48. The number of aryl methyl sites for hydroxylation is 2. The lowest BCUT2D eigenvalue weighted by atomic mass is 9.98. The molecule has 0 saturated heterocycles. The summed E-state index contributed by atoms with van der Waals surface area (Å²) >= 11 is 0. The van der Waals surface area contributed by atoms with Gasteiger partial charge in [-0.3, -0.25) is 5.43 Å². The standard InChI is InChI=1S/C23H22N6/c1-14-11-18-19(13-17-9-6-10-20(24-17)23-26-28-29-27-23)22(16-7-4-3-5-8-16)25-21(18)12-15(14)2/h3-12,25,28-29H,13H2,1-2H3,(H,26,27). The maximum absolute atomic E-state index is 4.82. The number of aromatic nitrogens is 2. The molecule has 0 atom stereocenters. The summed E-state index contributed by atoms with van der Waals surface area (Å²) in [5.41, 5.74) is 17.5. The Morgan fingerprint density at radius 2 is 1.72 bits per heavy atom. The Morgan fingerprint density at radius 1 is 0.897 bits per heavy atom. The minimum Gasteiger partial charge on any atom is -0.354 e. The molecule has 2 aromatic heterocycles. The fourth-order valence-corrected chi connectivity index (χ4v) is 3.76. The van der Waals surface area contributed by atoms with Crippen molar-refractivity contribution in [1.82, 2.24) is 26.5 Å². The van der Waals surface area contributed by atoms with Gasteiger partial charge < -0.3 is 4.98 Å². The number of benzene rings is 2. The number of nitrogens with zero attached hydrogens (tertiary/aromatic N) is 2. The summed E-state index contributed by atoms with van der Waals surface area (Å²) in [6.07, 6.45) is 0.731. The number of nitrogens with one attached hydrogen (secondary N) is 4. The van der Waals surface area contributed by atoms with E-state index in [4.69, 9.17) is 4.98 Å². The predicted molar refractivity (Wildman–Crippen MR) is 116 cm³/mol. The van der Waals surface area contributed by atoms with E-state index in [2.05, 4.69) is 82.9 Å². The third-order valence-electron chi connectivity index (χ3n) is 5.39. The van der Waals surface area contributed by atoms with E-state index in [1.165, 1.54) is 27.6 Å². The smallest absolute Gasteiger partial charge is 0.189 e. The van der Waals surface area contributed by atoms with Crippen LogP contribution < -0.4 is 16.5 Å². The maximum Gasteiger partial charge on any atom is 0.189 e. The molecular formula is C23H22N6. The van der Waals surface area contributed by atoms with Crippen LogP contribution in [0.15, 0.2) is 65.8 Å². The van der Waals surface area contributed by atoms with E-state index in [1.54, 1.807) is 0 Å². The Morgan fingerprint density at radius 3 is 2.52 bits per heavy atom. The van der Waals surface area contributed by atoms with Crippen LogP contribution in [0.5, 0.6) is 0 Å². The Kier molecular flexibility index (Phi) is 4.26. The predicted octanol–water partition coefficient (Wildman–Crippen LogP) is 3.71. The molecule has 6 nitrogen and oxygen atoms in total. The highest BCUT2D eigenvalue weighted by Crippen LogP contribution is 2.33. The fraction of sp³-hybridized carbons (Fsp3) is 0.130. The highest BCUT2D eigenvalue weighted by atomic mass is 15.8. The molecule has 0 aliphatic carbocycles. The van der Waals surface area contributed by atoms with Crippen molar-refractivity contribution in [3.8, 4) is 11.3 Å². The summed E-state index contributed by atoms with van der Waals surface area (Å²) in [7, 11) is 0. The minimum atomic E-state index is 0.681. The van der Waals surface area contributed by atoms with Crippen molar-refractivity contribution in [2.45, 2.75) is 20.3 Å². The molecule has 0 unspecified atom stereocenters. The third kappa shape index (κ3) is 3.23. The van der Waals surface area contributed by atoms with Crippen molar-refractivity contribution in [2.75, 3.05) is 0 Å². The lowest BCUT2D eigenvalue weighted by molar-refractivity contribution is 0.577.